The number of likely N-dealkylation sites (tertiary alicyclic amines) is 1. The molecule has 1 aliphatic heterocycles. The number of aromatic nitrogens is 7. The molecule has 36 heavy (non-hydrogen) atoms. The summed E-state index contributed by atoms with van der Waals surface area (Å²) in [5.74, 6) is -0.0625. The van der Waals surface area contributed by atoms with Gasteiger partial charge in [-0.25, -0.2) is 23.4 Å². The zero-order valence-electron chi connectivity index (χ0n) is 19.7. The molecule has 6 rings (SSSR count). The van der Waals surface area contributed by atoms with Crippen molar-refractivity contribution in [3.8, 4) is 11.3 Å². The molecule has 9 nitrogen and oxygen atoms in total. The summed E-state index contributed by atoms with van der Waals surface area (Å²) in [6, 6.07) is 13.2. The lowest BCUT2D eigenvalue weighted by Gasteiger charge is -2.20. The summed E-state index contributed by atoms with van der Waals surface area (Å²) in [7, 11) is 3.82. The molecule has 0 unspecified atom stereocenters. The van der Waals surface area contributed by atoms with Crippen LogP contribution < -0.4 is 5.32 Å². The van der Waals surface area contributed by atoms with Gasteiger partial charge in [0.2, 0.25) is 5.95 Å². The molecule has 1 fully saturated rings. The van der Waals surface area contributed by atoms with Crippen molar-refractivity contribution < 1.29 is 8.78 Å². The van der Waals surface area contributed by atoms with Crippen LogP contribution in [0.3, 0.4) is 0 Å². The summed E-state index contributed by atoms with van der Waals surface area (Å²) in [5, 5.41) is 16.1. The van der Waals surface area contributed by atoms with Gasteiger partial charge in [0.05, 0.1) is 23.4 Å². The Morgan fingerprint density at radius 3 is 2.67 bits per heavy atom. The number of rotatable bonds is 5. The lowest BCUT2D eigenvalue weighted by atomic mass is 9.93. The number of nitrogens with one attached hydrogen (secondary N) is 1. The molecular formula is C25H23F2N9. The minimum absolute atomic E-state index is 0.139. The summed E-state index contributed by atoms with van der Waals surface area (Å²) in [5.41, 5.74) is 3.64. The molecule has 3 aromatic heterocycles. The van der Waals surface area contributed by atoms with Crippen LogP contribution in [0.2, 0.25) is 0 Å². The zero-order chi connectivity index (χ0) is 24.8. The normalized spacial score (nSPS) is 18.2. The van der Waals surface area contributed by atoms with E-state index in [-0.39, 0.29) is 12.0 Å². The first-order valence-electron chi connectivity index (χ1n) is 11.5. The van der Waals surface area contributed by atoms with Gasteiger partial charge in [-0.2, -0.15) is 5.10 Å². The highest BCUT2D eigenvalue weighted by Crippen LogP contribution is 2.38. The number of fused-ring (bicyclic) bond motifs is 1. The second-order valence-electron chi connectivity index (χ2n) is 9.03. The zero-order valence-corrected chi connectivity index (χ0v) is 19.7. The fourth-order valence-electron chi connectivity index (χ4n) is 4.87. The largest absolute Gasteiger partial charge is 0.309 e. The van der Waals surface area contributed by atoms with E-state index in [0.29, 0.717) is 30.1 Å². The molecule has 1 N–H and O–H groups in total. The molecule has 11 heteroatoms. The van der Waals surface area contributed by atoms with E-state index >= 15 is 0 Å². The van der Waals surface area contributed by atoms with Crippen molar-refractivity contribution in [2.24, 2.45) is 7.05 Å². The second kappa shape index (κ2) is 8.76. The molecule has 4 heterocycles. The molecule has 0 bridgehead atoms. The van der Waals surface area contributed by atoms with E-state index < -0.39 is 11.6 Å². The van der Waals surface area contributed by atoms with Crippen LogP contribution in [0.1, 0.15) is 17.5 Å². The third-order valence-electron chi connectivity index (χ3n) is 6.63. The number of anilines is 2. The lowest BCUT2D eigenvalue weighted by Crippen LogP contribution is -2.19. The molecule has 182 valence electrons. The van der Waals surface area contributed by atoms with E-state index in [4.69, 9.17) is 0 Å². The van der Waals surface area contributed by atoms with Gasteiger partial charge in [-0.05, 0) is 36.9 Å². The van der Waals surface area contributed by atoms with Crippen LogP contribution in [-0.2, 0) is 7.05 Å². The molecule has 0 spiro atoms. The molecule has 0 amide bonds. The molecule has 2 aromatic carbocycles. The van der Waals surface area contributed by atoms with Crippen molar-refractivity contribution in [1.82, 2.24) is 39.6 Å². The number of likely N-dealkylation sites (N-methyl/N-ethyl adjacent to an activating group) is 1. The van der Waals surface area contributed by atoms with Crippen LogP contribution in [0.5, 0.6) is 0 Å². The Labute approximate surface area is 205 Å². The summed E-state index contributed by atoms with van der Waals surface area (Å²) < 4.78 is 31.7. The number of hydrogen-bond donors (Lipinski definition) is 1. The van der Waals surface area contributed by atoms with Gasteiger partial charge in [0, 0.05) is 49.9 Å². The Kier molecular flexibility index (Phi) is 5.41. The fraction of sp³-hybridized carbons (Fsp3) is 0.240. The van der Waals surface area contributed by atoms with E-state index in [1.54, 1.807) is 17.1 Å². The first-order valence-corrected chi connectivity index (χ1v) is 11.5. The van der Waals surface area contributed by atoms with Gasteiger partial charge in [-0.1, -0.05) is 17.3 Å². The Balaban J connectivity index is 1.32. The minimum atomic E-state index is -0.582. The SMILES string of the molecule is CN1C[C@@H](n2nnc3cc(-c4ccnc(Nc5ccnn5C)n4)ccc32)[C@H](c2ccc(F)cc2F)C1. The Morgan fingerprint density at radius 2 is 1.86 bits per heavy atom. The van der Waals surface area contributed by atoms with Crippen LogP contribution in [0.4, 0.5) is 20.5 Å². The van der Waals surface area contributed by atoms with Gasteiger partial charge in [-0.3, -0.25) is 4.68 Å². The maximum absolute atomic E-state index is 14.6. The predicted octanol–water partition coefficient (Wildman–Crippen LogP) is 3.91. The Bertz CT molecular complexity index is 1560. The topological polar surface area (TPSA) is 89.6 Å². The van der Waals surface area contributed by atoms with Gasteiger partial charge in [-0.15, -0.1) is 5.10 Å². The third-order valence-corrected chi connectivity index (χ3v) is 6.63. The maximum Gasteiger partial charge on any atom is 0.228 e. The van der Waals surface area contributed by atoms with Crippen molar-refractivity contribution in [3.05, 3.63) is 78.1 Å². The standard InChI is InChI=1S/C25H23F2N9/c1-34-13-18(17-5-4-16(26)12-19(17)27)23(14-34)36-22-6-3-15(11-21(22)32-33-36)20-7-9-28-25(30-20)31-24-8-10-29-35(24)2/h3-12,18,23H,13-14H2,1-2H3,(H,28,30,31)/t18-,23+/m0/s1. The van der Waals surface area contributed by atoms with Crippen molar-refractivity contribution in [1.29, 1.82) is 0 Å². The van der Waals surface area contributed by atoms with Gasteiger partial charge in [0.15, 0.2) is 0 Å². The van der Waals surface area contributed by atoms with Gasteiger partial charge < -0.3 is 10.2 Å². The van der Waals surface area contributed by atoms with Crippen molar-refractivity contribution in [2.75, 3.05) is 25.5 Å². The van der Waals surface area contributed by atoms with E-state index in [9.17, 15) is 8.78 Å². The minimum Gasteiger partial charge on any atom is -0.309 e. The van der Waals surface area contributed by atoms with E-state index in [2.05, 4.69) is 35.6 Å². The average molecular weight is 488 g/mol. The summed E-state index contributed by atoms with van der Waals surface area (Å²) >= 11 is 0. The number of benzene rings is 2. The molecular weight excluding hydrogens is 464 g/mol. The summed E-state index contributed by atoms with van der Waals surface area (Å²) in [6.45, 7) is 1.32. The Morgan fingerprint density at radius 1 is 0.972 bits per heavy atom. The van der Waals surface area contributed by atoms with Gasteiger partial charge in [0.25, 0.3) is 0 Å². The van der Waals surface area contributed by atoms with Crippen molar-refractivity contribution in [2.45, 2.75) is 12.0 Å². The maximum atomic E-state index is 14.6. The van der Waals surface area contributed by atoms with E-state index in [0.717, 1.165) is 28.7 Å². The molecule has 5 aromatic rings. The highest BCUT2D eigenvalue weighted by atomic mass is 19.1. The number of hydrogen-bond acceptors (Lipinski definition) is 7. The highest BCUT2D eigenvalue weighted by molar-refractivity contribution is 5.81. The first-order chi connectivity index (χ1) is 17.5. The quantitative estimate of drug-likeness (QED) is 0.402. The summed E-state index contributed by atoms with van der Waals surface area (Å²) in [6.07, 6.45) is 3.39. The third kappa shape index (κ3) is 3.97. The molecule has 1 saturated heterocycles. The first kappa shape index (κ1) is 22.2. The monoisotopic (exact) mass is 487 g/mol. The fourth-order valence-corrected chi connectivity index (χ4v) is 4.87. The molecule has 2 atom stereocenters. The molecule has 1 aliphatic rings. The molecule has 0 radical (unpaired) electrons. The average Bonchev–Trinajstić information content (AvgIpc) is 3.57. The predicted molar refractivity (Wildman–Crippen MR) is 131 cm³/mol. The van der Waals surface area contributed by atoms with Crippen LogP contribution in [0.25, 0.3) is 22.3 Å². The second-order valence-corrected chi connectivity index (χ2v) is 9.03. The van der Waals surface area contributed by atoms with Crippen LogP contribution in [0, 0.1) is 11.6 Å². The van der Waals surface area contributed by atoms with Gasteiger partial charge in [0.1, 0.15) is 23.0 Å². The van der Waals surface area contributed by atoms with E-state index in [1.165, 1.54) is 12.1 Å². The smallest absolute Gasteiger partial charge is 0.228 e. The van der Waals surface area contributed by atoms with Crippen molar-refractivity contribution in [3.63, 3.8) is 0 Å². The number of nitrogens with zero attached hydrogens (tertiary/aromatic N) is 8. The summed E-state index contributed by atoms with van der Waals surface area (Å²) in [4.78, 5) is 11.1. The van der Waals surface area contributed by atoms with Crippen LogP contribution in [0.15, 0.2) is 60.9 Å². The number of aryl methyl sites for hydroxylation is 1. The van der Waals surface area contributed by atoms with Crippen molar-refractivity contribution >= 4 is 22.8 Å². The number of halogens is 2. The van der Waals surface area contributed by atoms with Crippen LogP contribution in [-0.4, -0.2) is 59.8 Å². The Hall–Kier alpha value is -4.25. The van der Waals surface area contributed by atoms with Crippen LogP contribution >= 0.6 is 0 Å². The highest BCUT2D eigenvalue weighted by Gasteiger charge is 2.36. The van der Waals surface area contributed by atoms with E-state index in [1.807, 2.05) is 49.1 Å². The molecule has 0 saturated carbocycles. The molecule has 0 aliphatic carbocycles. The lowest BCUT2D eigenvalue weighted by molar-refractivity contribution is 0.382. The van der Waals surface area contributed by atoms with Gasteiger partial charge >= 0.3 is 0 Å².